The number of hydrogen-bond acceptors (Lipinski definition) is 2. The van der Waals surface area contributed by atoms with Crippen LogP contribution < -0.4 is 11.1 Å². The van der Waals surface area contributed by atoms with E-state index in [1.54, 1.807) is 18.2 Å². The van der Waals surface area contributed by atoms with Crippen LogP contribution in [-0.2, 0) is 6.42 Å². The van der Waals surface area contributed by atoms with E-state index in [1.807, 2.05) is 6.92 Å². The maximum atomic E-state index is 13.2. The van der Waals surface area contributed by atoms with Crippen molar-refractivity contribution in [3.8, 4) is 0 Å². The standard InChI is InChI=1S/C15H16F2N2/c1-10(6-11-2-4-12(16)5-3-11)19-15-8-13(17)7-14(18)9-15/h2-5,7-10,19H,6,18H2,1H3. The van der Waals surface area contributed by atoms with Gasteiger partial charge >= 0.3 is 0 Å². The van der Waals surface area contributed by atoms with Crippen molar-refractivity contribution in [1.29, 1.82) is 0 Å². The maximum absolute atomic E-state index is 13.2. The summed E-state index contributed by atoms with van der Waals surface area (Å²) in [7, 11) is 0. The molecule has 100 valence electrons. The third kappa shape index (κ3) is 3.95. The first-order valence-corrected chi connectivity index (χ1v) is 6.10. The summed E-state index contributed by atoms with van der Waals surface area (Å²) in [6, 6.07) is 10.8. The third-order valence-corrected chi connectivity index (χ3v) is 2.79. The molecule has 4 heteroatoms. The van der Waals surface area contributed by atoms with Gasteiger partial charge in [0.05, 0.1) is 0 Å². The minimum Gasteiger partial charge on any atom is -0.399 e. The molecular weight excluding hydrogens is 246 g/mol. The fourth-order valence-electron chi connectivity index (χ4n) is 2.01. The van der Waals surface area contributed by atoms with Crippen LogP contribution in [0.15, 0.2) is 42.5 Å². The van der Waals surface area contributed by atoms with Gasteiger partial charge in [0.15, 0.2) is 0 Å². The van der Waals surface area contributed by atoms with Crippen molar-refractivity contribution in [3.05, 3.63) is 59.7 Å². The molecule has 0 aromatic heterocycles. The van der Waals surface area contributed by atoms with Gasteiger partial charge in [0.2, 0.25) is 0 Å². The summed E-state index contributed by atoms with van der Waals surface area (Å²) in [6.45, 7) is 1.98. The highest BCUT2D eigenvalue weighted by molar-refractivity contribution is 5.55. The highest BCUT2D eigenvalue weighted by Crippen LogP contribution is 2.17. The van der Waals surface area contributed by atoms with Crippen LogP contribution in [0.2, 0.25) is 0 Å². The van der Waals surface area contributed by atoms with Crippen molar-refractivity contribution < 1.29 is 8.78 Å². The van der Waals surface area contributed by atoms with E-state index < -0.39 is 0 Å². The molecule has 2 rings (SSSR count). The van der Waals surface area contributed by atoms with Gasteiger partial charge < -0.3 is 11.1 Å². The van der Waals surface area contributed by atoms with E-state index in [2.05, 4.69) is 5.32 Å². The Hall–Kier alpha value is -2.10. The van der Waals surface area contributed by atoms with Crippen LogP contribution in [0, 0.1) is 11.6 Å². The van der Waals surface area contributed by atoms with Crippen LogP contribution in [0.4, 0.5) is 20.2 Å². The second-order valence-electron chi connectivity index (χ2n) is 4.65. The average Bonchev–Trinajstić information content (AvgIpc) is 2.30. The van der Waals surface area contributed by atoms with Gasteiger partial charge in [0.25, 0.3) is 0 Å². The van der Waals surface area contributed by atoms with E-state index in [4.69, 9.17) is 5.73 Å². The lowest BCUT2D eigenvalue weighted by atomic mass is 10.1. The summed E-state index contributed by atoms with van der Waals surface area (Å²) in [5, 5.41) is 3.17. The molecule has 0 heterocycles. The van der Waals surface area contributed by atoms with Crippen molar-refractivity contribution in [2.45, 2.75) is 19.4 Å². The first-order valence-electron chi connectivity index (χ1n) is 6.10. The minimum absolute atomic E-state index is 0.0895. The largest absolute Gasteiger partial charge is 0.399 e. The Morgan fingerprint density at radius 1 is 1.05 bits per heavy atom. The third-order valence-electron chi connectivity index (χ3n) is 2.79. The molecule has 0 radical (unpaired) electrons. The monoisotopic (exact) mass is 262 g/mol. The molecule has 0 saturated carbocycles. The fraction of sp³-hybridized carbons (Fsp3) is 0.200. The van der Waals surface area contributed by atoms with Crippen molar-refractivity contribution in [3.63, 3.8) is 0 Å². The van der Waals surface area contributed by atoms with Crippen LogP contribution in [0.1, 0.15) is 12.5 Å². The van der Waals surface area contributed by atoms with Gasteiger partial charge in [-0.2, -0.15) is 0 Å². The van der Waals surface area contributed by atoms with Crippen LogP contribution in [0.5, 0.6) is 0 Å². The highest BCUT2D eigenvalue weighted by atomic mass is 19.1. The lowest BCUT2D eigenvalue weighted by Crippen LogP contribution is -2.18. The van der Waals surface area contributed by atoms with Crippen LogP contribution >= 0.6 is 0 Å². The molecule has 3 N–H and O–H groups in total. The molecule has 0 aliphatic carbocycles. The highest BCUT2D eigenvalue weighted by Gasteiger charge is 2.05. The van der Waals surface area contributed by atoms with E-state index in [-0.39, 0.29) is 17.7 Å². The Balaban J connectivity index is 2.00. The predicted molar refractivity (Wildman–Crippen MR) is 74.0 cm³/mol. The van der Waals surface area contributed by atoms with E-state index >= 15 is 0 Å². The number of nitrogens with two attached hydrogens (primary N) is 1. The molecule has 0 aliphatic rings. The van der Waals surface area contributed by atoms with Gasteiger partial charge in [0.1, 0.15) is 11.6 Å². The molecule has 19 heavy (non-hydrogen) atoms. The lowest BCUT2D eigenvalue weighted by Gasteiger charge is -2.16. The zero-order chi connectivity index (χ0) is 13.8. The second kappa shape index (κ2) is 5.69. The Kier molecular flexibility index (Phi) is 4.00. The summed E-state index contributed by atoms with van der Waals surface area (Å²) in [5.74, 6) is -0.612. The molecule has 0 amide bonds. The molecule has 2 aromatic rings. The molecule has 0 spiro atoms. The summed E-state index contributed by atoms with van der Waals surface area (Å²) < 4.78 is 26.0. The van der Waals surface area contributed by atoms with Crippen molar-refractivity contribution in [2.24, 2.45) is 0 Å². The van der Waals surface area contributed by atoms with Gasteiger partial charge in [-0.05, 0) is 49.2 Å². The molecular formula is C15H16F2N2. The maximum Gasteiger partial charge on any atom is 0.127 e. The Bertz CT molecular complexity index is 532. The molecule has 2 nitrogen and oxygen atoms in total. The number of halogens is 2. The SMILES string of the molecule is CC(Cc1ccc(F)cc1)Nc1cc(N)cc(F)c1. The minimum atomic E-state index is -0.364. The number of benzene rings is 2. The summed E-state index contributed by atoms with van der Waals surface area (Å²) >= 11 is 0. The molecule has 1 atom stereocenters. The van der Waals surface area contributed by atoms with E-state index in [0.717, 1.165) is 12.0 Å². The zero-order valence-corrected chi connectivity index (χ0v) is 10.7. The van der Waals surface area contributed by atoms with Gasteiger partial charge in [-0.25, -0.2) is 8.78 Å². The molecule has 1 unspecified atom stereocenters. The van der Waals surface area contributed by atoms with Crippen molar-refractivity contribution >= 4 is 11.4 Å². The smallest absolute Gasteiger partial charge is 0.127 e. The Morgan fingerprint density at radius 2 is 1.74 bits per heavy atom. The number of nitrogen functional groups attached to an aromatic ring is 1. The fourth-order valence-corrected chi connectivity index (χ4v) is 2.01. The summed E-state index contributed by atoms with van der Waals surface area (Å²) in [6.07, 6.45) is 0.719. The van der Waals surface area contributed by atoms with Gasteiger partial charge in [0, 0.05) is 17.4 Å². The zero-order valence-electron chi connectivity index (χ0n) is 10.7. The van der Waals surface area contributed by atoms with Crippen LogP contribution in [-0.4, -0.2) is 6.04 Å². The molecule has 0 aliphatic heterocycles. The molecule has 0 fully saturated rings. The average molecular weight is 262 g/mol. The first-order chi connectivity index (χ1) is 9.02. The number of anilines is 2. The summed E-state index contributed by atoms with van der Waals surface area (Å²) in [5.41, 5.74) is 7.63. The van der Waals surface area contributed by atoms with E-state index in [0.29, 0.717) is 11.4 Å². The molecule has 0 saturated heterocycles. The second-order valence-corrected chi connectivity index (χ2v) is 4.65. The van der Waals surface area contributed by atoms with Gasteiger partial charge in [-0.15, -0.1) is 0 Å². The van der Waals surface area contributed by atoms with Crippen LogP contribution in [0.25, 0.3) is 0 Å². The number of rotatable bonds is 4. The summed E-state index contributed by atoms with van der Waals surface area (Å²) in [4.78, 5) is 0. The Labute approximate surface area is 111 Å². The Morgan fingerprint density at radius 3 is 2.37 bits per heavy atom. The molecule has 2 aromatic carbocycles. The van der Waals surface area contributed by atoms with Gasteiger partial charge in [-0.3, -0.25) is 0 Å². The number of nitrogens with one attached hydrogen (secondary N) is 1. The first kappa shape index (κ1) is 13.3. The van der Waals surface area contributed by atoms with Crippen LogP contribution in [0.3, 0.4) is 0 Å². The quantitative estimate of drug-likeness (QED) is 0.826. The molecule has 0 bridgehead atoms. The van der Waals surface area contributed by atoms with Crippen molar-refractivity contribution in [2.75, 3.05) is 11.1 Å². The number of hydrogen-bond donors (Lipinski definition) is 2. The lowest BCUT2D eigenvalue weighted by molar-refractivity contribution is 0.625. The van der Waals surface area contributed by atoms with E-state index in [9.17, 15) is 8.78 Å². The topological polar surface area (TPSA) is 38.0 Å². The van der Waals surface area contributed by atoms with E-state index in [1.165, 1.54) is 24.3 Å². The predicted octanol–water partition coefficient (Wildman–Crippen LogP) is 3.59. The normalized spacial score (nSPS) is 12.2. The van der Waals surface area contributed by atoms with Gasteiger partial charge in [-0.1, -0.05) is 12.1 Å². The van der Waals surface area contributed by atoms with Crippen molar-refractivity contribution in [1.82, 2.24) is 0 Å².